The number of aromatic nitrogens is 2. The van der Waals surface area contributed by atoms with E-state index in [2.05, 4.69) is 9.97 Å². The molecule has 1 unspecified atom stereocenters. The van der Waals surface area contributed by atoms with Gasteiger partial charge in [0.05, 0.1) is 6.26 Å². The summed E-state index contributed by atoms with van der Waals surface area (Å²) in [5.74, 6) is 0.876. The highest BCUT2D eigenvalue weighted by atomic mass is 16.3. The van der Waals surface area contributed by atoms with E-state index in [-0.39, 0.29) is 6.04 Å². The topological polar surface area (TPSA) is 64.9 Å². The fourth-order valence-corrected chi connectivity index (χ4v) is 1.27. The van der Waals surface area contributed by atoms with Crippen molar-refractivity contribution in [3.05, 3.63) is 48.4 Å². The van der Waals surface area contributed by atoms with E-state index in [1.807, 2.05) is 12.1 Å². The van der Waals surface area contributed by atoms with Crippen LogP contribution in [0.25, 0.3) is 0 Å². The Bertz CT molecular complexity index is 372. The first-order valence-corrected chi connectivity index (χ1v) is 4.39. The van der Waals surface area contributed by atoms with Crippen LogP contribution in [0.15, 0.2) is 41.5 Å². The summed E-state index contributed by atoms with van der Waals surface area (Å²) in [6, 6.07) is 3.65. The van der Waals surface area contributed by atoms with Crippen LogP contribution >= 0.6 is 0 Å². The zero-order chi connectivity index (χ0) is 9.80. The summed E-state index contributed by atoms with van der Waals surface area (Å²) < 4.78 is 5.20. The molecule has 2 aromatic rings. The van der Waals surface area contributed by atoms with Crippen molar-refractivity contribution in [2.75, 3.05) is 0 Å². The zero-order valence-corrected chi connectivity index (χ0v) is 7.63. The summed E-state index contributed by atoms with van der Waals surface area (Å²) in [6.45, 7) is 0. The van der Waals surface area contributed by atoms with E-state index < -0.39 is 0 Å². The molecule has 72 valence electrons. The Balaban J connectivity index is 2.07. The average Bonchev–Trinajstić information content (AvgIpc) is 2.72. The lowest BCUT2D eigenvalue weighted by Gasteiger charge is -2.08. The molecule has 4 nitrogen and oxygen atoms in total. The lowest BCUT2D eigenvalue weighted by atomic mass is 10.1. The Morgan fingerprint density at radius 1 is 1.36 bits per heavy atom. The lowest BCUT2D eigenvalue weighted by Crippen LogP contribution is -2.13. The molecular weight excluding hydrogens is 178 g/mol. The monoisotopic (exact) mass is 189 g/mol. The quantitative estimate of drug-likeness (QED) is 0.790. The Labute approximate surface area is 81.8 Å². The molecule has 4 heteroatoms. The number of hydrogen-bond acceptors (Lipinski definition) is 4. The van der Waals surface area contributed by atoms with Gasteiger partial charge in [-0.05, 0) is 12.1 Å². The van der Waals surface area contributed by atoms with Gasteiger partial charge in [-0.1, -0.05) is 0 Å². The predicted molar refractivity (Wildman–Crippen MR) is 51.4 cm³/mol. The molecule has 2 heterocycles. The fourth-order valence-electron chi connectivity index (χ4n) is 1.27. The van der Waals surface area contributed by atoms with Gasteiger partial charge in [0.1, 0.15) is 12.1 Å². The zero-order valence-electron chi connectivity index (χ0n) is 7.63. The molecule has 0 aliphatic carbocycles. The maximum atomic E-state index is 5.95. The van der Waals surface area contributed by atoms with Crippen molar-refractivity contribution in [1.82, 2.24) is 9.97 Å². The molecule has 0 aliphatic rings. The summed E-state index contributed by atoms with van der Waals surface area (Å²) in [7, 11) is 0. The summed E-state index contributed by atoms with van der Waals surface area (Å²) in [5, 5.41) is 0. The second-order valence-electron chi connectivity index (χ2n) is 3.06. The Morgan fingerprint density at radius 2 is 2.14 bits per heavy atom. The Morgan fingerprint density at radius 3 is 2.79 bits per heavy atom. The minimum atomic E-state index is -0.109. The van der Waals surface area contributed by atoms with Crippen LogP contribution in [0, 0.1) is 0 Å². The second kappa shape index (κ2) is 4.02. The van der Waals surface area contributed by atoms with Crippen LogP contribution in [0.4, 0.5) is 0 Å². The molecule has 2 aromatic heterocycles. The first-order valence-electron chi connectivity index (χ1n) is 4.39. The average molecular weight is 189 g/mol. The molecule has 2 rings (SSSR count). The van der Waals surface area contributed by atoms with Gasteiger partial charge < -0.3 is 10.2 Å². The van der Waals surface area contributed by atoms with Crippen LogP contribution in [0.5, 0.6) is 0 Å². The highest BCUT2D eigenvalue weighted by Crippen LogP contribution is 2.14. The summed E-state index contributed by atoms with van der Waals surface area (Å²) >= 11 is 0. The number of nitrogens with two attached hydrogens (primary N) is 1. The van der Waals surface area contributed by atoms with E-state index in [4.69, 9.17) is 10.2 Å². The van der Waals surface area contributed by atoms with Crippen molar-refractivity contribution >= 4 is 0 Å². The summed E-state index contributed by atoms with van der Waals surface area (Å²) in [6.07, 6.45) is 7.24. The van der Waals surface area contributed by atoms with Gasteiger partial charge in [0, 0.05) is 30.4 Å². The molecule has 1 atom stereocenters. The SMILES string of the molecule is NC(Cc1ccco1)c1cncnc1. The Hall–Kier alpha value is -1.68. The summed E-state index contributed by atoms with van der Waals surface area (Å²) in [5.41, 5.74) is 6.87. The third-order valence-electron chi connectivity index (χ3n) is 2.01. The second-order valence-corrected chi connectivity index (χ2v) is 3.06. The van der Waals surface area contributed by atoms with E-state index in [1.54, 1.807) is 18.7 Å². The van der Waals surface area contributed by atoms with Crippen molar-refractivity contribution < 1.29 is 4.42 Å². The lowest BCUT2D eigenvalue weighted by molar-refractivity contribution is 0.488. The van der Waals surface area contributed by atoms with Crippen molar-refractivity contribution in [2.45, 2.75) is 12.5 Å². The van der Waals surface area contributed by atoms with E-state index in [9.17, 15) is 0 Å². The molecule has 0 spiro atoms. The maximum Gasteiger partial charge on any atom is 0.115 e. The van der Waals surface area contributed by atoms with Crippen LogP contribution < -0.4 is 5.73 Å². The highest BCUT2D eigenvalue weighted by molar-refractivity contribution is 5.12. The molecule has 0 radical (unpaired) electrons. The van der Waals surface area contributed by atoms with E-state index in [1.165, 1.54) is 6.33 Å². The van der Waals surface area contributed by atoms with Gasteiger partial charge in [-0.2, -0.15) is 0 Å². The predicted octanol–water partition coefficient (Wildman–Crippen LogP) is 1.31. The van der Waals surface area contributed by atoms with Gasteiger partial charge in [-0.15, -0.1) is 0 Å². The van der Waals surface area contributed by atoms with E-state index in [0.717, 1.165) is 11.3 Å². The van der Waals surface area contributed by atoms with E-state index in [0.29, 0.717) is 6.42 Å². The van der Waals surface area contributed by atoms with Crippen LogP contribution in [-0.2, 0) is 6.42 Å². The van der Waals surface area contributed by atoms with Crippen molar-refractivity contribution in [3.8, 4) is 0 Å². The molecule has 0 aromatic carbocycles. The van der Waals surface area contributed by atoms with Crippen LogP contribution in [0.3, 0.4) is 0 Å². The van der Waals surface area contributed by atoms with Gasteiger partial charge >= 0.3 is 0 Å². The van der Waals surface area contributed by atoms with Gasteiger partial charge in [0.15, 0.2) is 0 Å². The van der Waals surface area contributed by atoms with Gasteiger partial charge in [0.2, 0.25) is 0 Å². The molecule has 0 bridgehead atoms. The molecule has 14 heavy (non-hydrogen) atoms. The van der Waals surface area contributed by atoms with Crippen molar-refractivity contribution in [2.24, 2.45) is 5.73 Å². The van der Waals surface area contributed by atoms with E-state index >= 15 is 0 Å². The number of hydrogen-bond donors (Lipinski definition) is 1. The molecule has 2 N–H and O–H groups in total. The first-order chi connectivity index (χ1) is 6.86. The third-order valence-corrected chi connectivity index (χ3v) is 2.01. The maximum absolute atomic E-state index is 5.95. The molecule has 0 fully saturated rings. The normalized spacial score (nSPS) is 12.6. The van der Waals surface area contributed by atoms with Gasteiger partial charge in [0.25, 0.3) is 0 Å². The molecular formula is C10H11N3O. The Kier molecular flexibility index (Phi) is 2.55. The highest BCUT2D eigenvalue weighted by Gasteiger charge is 2.08. The third kappa shape index (κ3) is 1.97. The smallest absolute Gasteiger partial charge is 0.115 e. The van der Waals surface area contributed by atoms with Gasteiger partial charge in [-0.3, -0.25) is 0 Å². The number of furan rings is 1. The summed E-state index contributed by atoms with van der Waals surface area (Å²) in [4.78, 5) is 7.83. The molecule has 0 saturated carbocycles. The van der Waals surface area contributed by atoms with Crippen LogP contribution in [-0.4, -0.2) is 9.97 Å². The minimum Gasteiger partial charge on any atom is -0.469 e. The number of nitrogens with zero attached hydrogens (tertiary/aromatic N) is 2. The standard InChI is InChI=1S/C10H11N3O/c11-10(4-9-2-1-3-14-9)8-5-12-7-13-6-8/h1-3,5-7,10H,4,11H2. The fraction of sp³-hybridized carbons (Fsp3) is 0.200. The minimum absolute atomic E-state index is 0.109. The largest absolute Gasteiger partial charge is 0.469 e. The van der Waals surface area contributed by atoms with Crippen molar-refractivity contribution in [1.29, 1.82) is 0 Å². The first kappa shape index (κ1) is 8.90. The molecule has 0 saturated heterocycles. The molecule has 0 amide bonds. The van der Waals surface area contributed by atoms with Crippen LogP contribution in [0.1, 0.15) is 17.4 Å². The number of rotatable bonds is 3. The van der Waals surface area contributed by atoms with Crippen LogP contribution in [0.2, 0.25) is 0 Å². The molecule has 0 aliphatic heterocycles. The van der Waals surface area contributed by atoms with Crippen molar-refractivity contribution in [3.63, 3.8) is 0 Å². The van der Waals surface area contributed by atoms with Gasteiger partial charge in [-0.25, -0.2) is 9.97 Å².